The van der Waals surface area contributed by atoms with Gasteiger partial charge in [-0.25, -0.2) is 0 Å². The third-order valence-corrected chi connectivity index (χ3v) is 2.60. The van der Waals surface area contributed by atoms with Gasteiger partial charge in [0.25, 0.3) is 0 Å². The Bertz CT molecular complexity index is 269. The molecular weight excluding hydrogens is 198 g/mol. The Hall–Kier alpha value is -1.02. The summed E-state index contributed by atoms with van der Waals surface area (Å²) < 4.78 is 5.01. The Kier molecular flexibility index (Phi) is 6.66. The van der Waals surface area contributed by atoms with Crippen molar-refractivity contribution in [2.45, 2.75) is 32.6 Å². The van der Waals surface area contributed by atoms with Crippen LogP contribution in [0, 0.1) is 0 Å². The van der Waals surface area contributed by atoms with Gasteiger partial charge in [-0.05, 0) is 37.0 Å². The maximum Gasteiger partial charge on any atom is 0.0462 e. The number of ether oxygens (including phenoxy) is 1. The lowest BCUT2D eigenvalue weighted by molar-refractivity contribution is 0.194. The molecule has 0 unspecified atom stereocenters. The number of unbranched alkanes of at least 4 members (excludes halogenated alkanes) is 1. The van der Waals surface area contributed by atoms with E-state index in [1.165, 1.54) is 24.1 Å². The second-order valence-electron chi connectivity index (χ2n) is 4.07. The van der Waals surface area contributed by atoms with Crippen molar-refractivity contribution in [3.8, 4) is 0 Å². The molecule has 0 radical (unpaired) electrons. The minimum atomic E-state index is 0.858. The van der Waals surface area contributed by atoms with Crippen LogP contribution in [0.1, 0.15) is 31.7 Å². The van der Waals surface area contributed by atoms with Crippen molar-refractivity contribution in [3.05, 3.63) is 29.8 Å². The highest BCUT2D eigenvalue weighted by Crippen LogP contribution is 2.11. The van der Waals surface area contributed by atoms with Crippen LogP contribution in [0.5, 0.6) is 0 Å². The summed E-state index contributed by atoms with van der Waals surface area (Å²) in [7, 11) is 1.75. The molecule has 2 heteroatoms. The molecule has 0 saturated carbocycles. The summed E-state index contributed by atoms with van der Waals surface area (Å²) in [6.45, 7) is 4.09. The molecule has 0 aromatic heterocycles. The summed E-state index contributed by atoms with van der Waals surface area (Å²) in [5, 5.41) is 3.42. The fraction of sp³-hybridized carbons (Fsp3) is 0.571. The predicted octanol–water partition coefficient (Wildman–Crippen LogP) is 3.48. The van der Waals surface area contributed by atoms with E-state index in [2.05, 4.69) is 36.5 Å². The van der Waals surface area contributed by atoms with E-state index in [0.29, 0.717) is 0 Å². The van der Waals surface area contributed by atoms with Crippen LogP contribution in [0.25, 0.3) is 0 Å². The lowest BCUT2D eigenvalue weighted by Crippen LogP contribution is -2.02. The van der Waals surface area contributed by atoms with Crippen molar-refractivity contribution in [3.63, 3.8) is 0 Å². The molecule has 0 aliphatic carbocycles. The number of hydrogen-bond donors (Lipinski definition) is 1. The molecule has 0 heterocycles. The molecule has 0 aliphatic heterocycles. The highest BCUT2D eigenvalue weighted by Gasteiger charge is 1.93. The first-order valence-corrected chi connectivity index (χ1v) is 6.18. The van der Waals surface area contributed by atoms with Crippen molar-refractivity contribution in [1.29, 1.82) is 0 Å². The molecule has 0 aliphatic rings. The third kappa shape index (κ3) is 5.17. The zero-order valence-corrected chi connectivity index (χ0v) is 10.5. The van der Waals surface area contributed by atoms with Crippen molar-refractivity contribution in [2.75, 3.05) is 25.6 Å². The maximum absolute atomic E-state index is 5.01. The van der Waals surface area contributed by atoms with Gasteiger partial charge in [0, 0.05) is 25.9 Å². The molecule has 0 atom stereocenters. The predicted molar refractivity (Wildman–Crippen MR) is 70.0 cm³/mol. The van der Waals surface area contributed by atoms with Gasteiger partial charge in [0.2, 0.25) is 0 Å². The van der Waals surface area contributed by atoms with Gasteiger partial charge in [-0.15, -0.1) is 0 Å². The summed E-state index contributed by atoms with van der Waals surface area (Å²) in [5.41, 5.74) is 2.64. The van der Waals surface area contributed by atoms with Gasteiger partial charge >= 0.3 is 0 Å². The minimum absolute atomic E-state index is 0.858. The summed E-state index contributed by atoms with van der Waals surface area (Å²) in [6.07, 6.45) is 4.67. The van der Waals surface area contributed by atoms with Crippen LogP contribution in [0.3, 0.4) is 0 Å². The van der Waals surface area contributed by atoms with Crippen LogP contribution in [-0.2, 0) is 11.2 Å². The summed E-state index contributed by atoms with van der Waals surface area (Å²) >= 11 is 0. The molecule has 1 rings (SSSR count). The van der Waals surface area contributed by atoms with Gasteiger partial charge in [-0.1, -0.05) is 25.5 Å². The maximum atomic E-state index is 5.01. The molecule has 0 fully saturated rings. The Balaban J connectivity index is 2.21. The fourth-order valence-corrected chi connectivity index (χ4v) is 1.68. The molecule has 0 saturated heterocycles. The molecule has 90 valence electrons. The monoisotopic (exact) mass is 221 g/mol. The molecule has 1 aromatic carbocycles. The second kappa shape index (κ2) is 8.17. The van der Waals surface area contributed by atoms with Gasteiger partial charge in [-0.2, -0.15) is 0 Å². The SMILES string of the molecule is CCCc1ccc(NCCCCOC)cc1. The molecule has 0 amide bonds. The van der Waals surface area contributed by atoms with Crippen molar-refractivity contribution in [1.82, 2.24) is 0 Å². The van der Waals surface area contributed by atoms with Crippen LogP contribution < -0.4 is 5.32 Å². The number of hydrogen-bond acceptors (Lipinski definition) is 2. The first kappa shape index (κ1) is 13.0. The molecule has 0 bridgehead atoms. The van der Waals surface area contributed by atoms with E-state index >= 15 is 0 Å². The quantitative estimate of drug-likeness (QED) is 0.679. The average Bonchev–Trinajstić information content (AvgIpc) is 2.31. The van der Waals surface area contributed by atoms with Crippen molar-refractivity contribution >= 4 is 5.69 Å². The number of benzene rings is 1. The lowest BCUT2D eigenvalue weighted by Gasteiger charge is -2.07. The molecule has 1 N–H and O–H groups in total. The molecule has 2 nitrogen and oxygen atoms in total. The molecular formula is C14H23NO. The summed E-state index contributed by atoms with van der Waals surface area (Å²) in [5.74, 6) is 0. The number of methoxy groups -OCH3 is 1. The van der Waals surface area contributed by atoms with E-state index in [1.54, 1.807) is 7.11 Å². The number of rotatable bonds is 8. The van der Waals surface area contributed by atoms with Gasteiger partial charge in [-0.3, -0.25) is 0 Å². The Morgan fingerprint density at radius 2 is 1.88 bits per heavy atom. The average molecular weight is 221 g/mol. The van der Waals surface area contributed by atoms with Crippen LogP contribution in [-0.4, -0.2) is 20.3 Å². The van der Waals surface area contributed by atoms with Crippen molar-refractivity contribution in [2.24, 2.45) is 0 Å². The van der Waals surface area contributed by atoms with Crippen LogP contribution in [0.4, 0.5) is 5.69 Å². The standard InChI is InChI=1S/C14H23NO/c1-3-6-13-7-9-14(10-8-13)15-11-4-5-12-16-2/h7-10,15H,3-6,11-12H2,1-2H3. The molecule has 0 spiro atoms. The summed E-state index contributed by atoms with van der Waals surface area (Å²) in [4.78, 5) is 0. The van der Waals surface area contributed by atoms with E-state index in [1.807, 2.05) is 0 Å². The fourth-order valence-electron chi connectivity index (χ4n) is 1.68. The normalized spacial score (nSPS) is 10.4. The van der Waals surface area contributed by atoms with Crippen molar-refractivity contribution < 1.29 is 4.74 Å². The molecule has 1 aromatic rings. The topological polar surface area (TPSA) is 21.3 Å². The van der Waals surface area contributed by atoms with E-state index < -0.39 is 0 Å². The summed E-state index contributed by atoms with van der Waals surface area (Å²) in [6, 6.07) is 8.75. The van der Waals surface area contributed by atoms with Gasteiger partial charge in [0.15, 0.2) is 0 Å². The lowest BCUT2D eigenvalue weighted by atomic mass is 10.1. The number of anilines is 1. The largest absolute Gasteiger partial charge is 0.385 e. The van der Waals surface area contributed by atoms with E-state index in [9.17, 15) is 0 Å². The first-order valence-electron chi connectivity index (χ1n) is 6.18. The van der Waals surface area contributed by atoms with Gasteiger partial charge in [0.05, 0.1) is 0 Å². The van der Waals surface area contributed by atoms with Crippen LogP contribution in [0.15, 0.2) is 24.3 Å². The smallest absolute Gasteiger partial charge is 0.0462 e. The Morgan fingerprint density at radius 3 is 2.50 bits per heavy atom. The Labute approximate surface area is 99.0 Å². The highest BCUT2D eigenvalue weighted by atomic mass is 16.5. The third-order valence-electron chi connectivity index (χ3n) is 2.60. The molecule has 16 heavy (non-hydrogen) atoms. The second-order valence-corrected chi connectivity index (χ2v) is 4.07. The number of nitrogens with one attached hydrogen (secondary N) is 1. The first-order chi connectivity index (χ1) is 7.86. The van der Waals surface area contributed by atoms with E-state index in [0.717, 1.165) is 26.0 Å². The van der Waals surface area contributed by atoms with E-state index in [4.69, 9.17) is 4.74 Å². The van der Waals surface area contributed by atoms with Crippen LogP contribution >= 0.6 is 0 Å². The van der Waals surface area contributed by atoms with Crippen LogP contribution in [0.2, 0.25) is 0 Å². The zero-order valence-electron chi connectivity index (χ0n) is 10.5. The van der Waals surface area contributed by atoms with Gasteiger partial charge < -0.3 is 10.1 Å². The Morgan fingerprint density at radius 1 is 1.12 bits per heavy atom. The van der Waals surface area contributed by atoms with E-state index in [-0.39, 0.29) is 0 Å². The highest BCUT2D eigenvalue weighted by molar-refractivity contribution is 5.44. The minimum Gasteiger partial charge on any atom is -0.385 e. The van der Waals surface area contributed by atoms with Gasteiger partial charge in [0.1, 0.15) is 0 Å². The number of aryl methyl sites for hydroxylation is 1. The zero-order chi connectivity index (χ0) is 11.6.